The molecule has 1 rings (SSSR count). The summed E-state index contributed by atoms with van der Waals surface area (Å²) in [6, 6.07) is 2.65. The highest BCUT2D eigenvalue weighted by molar-refractivity contribution is 5.40. The van der Waals surface area contributed by atoms with Crippen LogP contribution in [-0.4, -0.2) is 5.11 Å². The fraction of sp³-hybridized carbons (Fsp3) is 0.500. The molecule has 84 valence electrons. The van der Waals surface area contributed by atoms with Crippen LogP contribution in [0.25, 0.3) is 0 Å². The molecule has 0 unspecified atom stereocenters. The van der Waals surface area contributed by atoms with E-state index in [1.165, 1.54) is 6.07 Å². The van der Waals surface area contributed by atoms with Crippen molar-refractivity contribution >= 4 is 0 Å². The van der Waals surface area contributed by atoms with E-state index < -0.39 is 5.82 Å². The van der Waals surface area contributed by atoms with Gasteiger partial charge in [-0.05, 0) is 24.0 Å². The van der Waals surface area contributed by atoms with Crippen LogP contribution in [0.4, 0.5) is 4.39 Å². The molecule has 0 aliphatic carbocycles. The number of benzene rings is 1. The number of halogens is 1. The van der Waals surface area contributed by atoms with Crippen LogP contribution in [0.3, 0.4) is 0 Å². The second-order valence-corrected chi connectivity index (χ2v) is 5.03. The lowest BCUT2D eigenvalue weighted by Crippen LogP contribution is -2.26. The van der Waals surface area contributed by atoms with Crippen LogP contribution in [0.1, 0.15) is 37.9 Å². The van der Waals surface area contributed by atoms with Crippen LogP contribution in [0.2, 0.25) is 0 Å². The van der Waals surface area contributed by atoms with Crippen LogP contribution >= 0.6 is 0 Å². The van der Waals surface area contributed by atoms with Crippen LogP contribution in [0.15, 0.2) is 12.1 Å². The van der Waals surface area contributed by atoms with E-state index in [1.807, 2.05) is 20.8 Å². The van der Waals surface area contributed by atoms with E-state index in [0.717, 1.165) is 5.56 Å². The van der Waals surface area contributed by atoms with Gasteiger partial charge in [-0.25, -0.2) is 4.39 Å². The maximum atomic E-state index is 13.3. The van der Waals surface area contributed by atoms with E-state index in [4.69, 9.17) is 5.73 Å². The molecule has 0 fully saturated rings. The summed E-state index contributed by atoms with van der Waals surface area (Å²) in [6.07, 6.45) is 0. The SMILES string of the molecule is Cc1cc(F)c(O)c([C@@H](N)C(C)(C)C)c1. The molecule has 0 bridgehead atoms. The van der Waals surface area contributed by atoms with Crippen LogP contribution < -0.4 is 5.73 Å². The van der Waals surface area contributed by atoms with Gasteiger partial charge in [0.05, 0.1) is 0 Å². The molecule has 0 radical (unpaired) electrons. The lowest BCUT2D eigenvalue weighted by atomic mass is 9.82. The van der Waals surface area contributed by atoms with Gasteiger partial charge >= 0.3 is 0 Å². The van der Waals surface area contributed by atoms with E-state index in [-0.39, 0.29) is 17.2 Å². The first kappa shape index (κ1) is 12.0. The largest absolute Gasteiger partial charge is 0.505 e. The second-order valence-electron chi connectivity index (χ2n) is 5.03. The summed E-state index contributed by atoms with van der Waals surface area (Å²) in [6.45, 7) is 7.65. The summed E-state index contributed by atoms with van der Waals surface area (Å²) in [4.78, 5) is 0. The second kappa shape index (κ2) is 3.81. The zero-order valence-electron chi connectivity index (χ0n) is 9.63. The summed E-state index contributed by atoms with van der Waals surface area (Å²) < 4.78 is 13.3. The monoisotopic (exact) mass is 211 g/mol. The molecule has 0 amide bonds. The Labute approximate surface area is 89.9 Å². The van der Waals surface area contributed by atoms with Crippen LogP contribution in [-0.2, 0) is 0 Å². The van der Waals surface area contributed by atoms with Crippen molar-refractivity contribution in [2.45, 2.75) is 33.7 Å². The number of aryl methyl sites for hydroxylation is 1. The minimum atomic E-state index is -0.607. The Morgan fingerprint density at radius 1 is 1.33 bits per heavy atom. The van der Waals surface area contributed by atoms with Crippen molar-refractivity contribution in [3.05, 3.63) is 29.1 Å². The molecular formula is C12H18FNO. The van der Waals surface area contributed by atoms with Crippen molar-refractivity contribution in [3.63, 3.8) is 0 Å². The molecule has 0 aliphatic rings. The van der Waals surface area contributed by atoms with Crippen molar-refractivity contribution in [2.24, 2.45) is 11.1 Å². The van der Waals surface area contributed by atoms with Crippen molar-refractivity contribution in [1.82, 2.24) is 0 Å². The number of phenols is 1. The molecule has 1 atom stereocenters. The van der Waals surface area contributed by atoms with Gasteiger partial charge in [-0.3, -0.25) is 0 Å². The smallest absolute Gasteiger partial charge is 0.165 e. The number of aromatic hydroxyl groups is 1. The number of phenolic OH excluding ortho intramolecular Hbond substituents is 1. The molecule has 1 aromatic rings. The van der Waals surface area contributed by atoms with E-state index in [2.05, 4.69) is 0 Å². The predicted octanol–water partition coefficient (Wildman–Crippen LogP) is 2.89. The Kier molecular flexibility index (Phi) is 3.05. The van der Waals surface area contributed by atoms with E-state index in [1.54, 1.807) is 13.0 Å². The summed E-state index contributed by atoms with van der Waals surface area (Å²) in [7, 11) is 0. The lowest BCUT2D eigenvalue weighted by molar-refractivity contribution is 0.313. The third kappa shape index (κ3) is 2.48. The highest BCUT2D eigenvalue weighted by Gasteiger charge is 2.26. The molecule has 0 saturated carbocycles. The summed E-state index contributed by atoms with van der Waals surface area (Å²) in [5.74, 6) is -0.937. The highest BCUT2D eigenvalue weighted by Crippen LogP contribution is 2.36. The highest BCUT2D eigenvalue weighted by atomic mass is 19.1. The van der Waals surface area contributed by atoms with E-state index in [0.29, 0.717) is 5.56 Å². The summed E-state index contributed by atoms with van der Waals surface area (Å²) >= 11 is 0. The Morgan fingerprint density at radius 3 is 2.33 bits per heavy atom. The van der Waals surface area contributed by atoms with Crippen molar-refractivity contribution in [3.8, 4) is 5.75 Å². The third-order valence-corrected chi connectivity index (χ3v) is 2.51. The molecule has 1 aromatic carbocycles. The Hall–Kier alpha value is -1.09. The molecule has 0 spiro atoms. The van der Waals surface area contributed by atoms with Gasteiger partial charge in [0.1, 0.15) is 0 Å². The minimum Gasteiger partial charge on any atom is -0.505 e. The van der Waals surface area contributed by atoms with E-state index in [9.17, 15) is 9.50 Å². The zero-order valence-corrected chi connectivity index (χ0v) is 9.63. The average Bonchev–Trinajstić information content (AvgIpc) is 2.08. The van der Waals surface area contributed by atoms with E-state index >= 15 is 0 Å². The summed E-state index contributed by atoms with van der Waals surface area (Å²) in [5.41, 5.74) is 7.01. The normalized spacial score (nSPS) is 14.0. The maximum Gasteiger partial charge on any atom is 0.165 e. The molecular weight excluding hydrogens is 193 g/mol. The fourth-order valence-corrected chi connectivity index (χ4v) is 1.47. The Balaban J connectivity index is 3.25. The molecule has 2 nitrogen and oxygen atoms in total. The van der Waals surface area contributed by atoms with Gasteiger partial charge in [0, 0.05) is 11.6 Å². The first-order valence-corrected chi connectivity index (χ1v) is 4.98. The van der Waals surface area contributed by atoms with Crippen molar-refractivity contribution < 1.29 is 9.50 Å². The quantitative estimate of drug-likeness (QED) is 0.750. The molecule has 0 heterocycles. The van der Waals surface area contributed by atoms with Gasteiger partial charge in [0.15, 0.2) is 11.6 Å². The van der Waals surface area contributed by atoms with Gasteiger partial charge in [0.2, 0.25) is 0 Å². The number of hydrogen-bond acceptors (Lipinski definition) is 2. The predicted molar refractivity (Wildman–Crippen MR) is 59.2 cm³/mol. The fourth-order valence-electron chi connectivity index (χ4n) is 1.47. The average molecular weight is 211 g/mol. The van der Waals surface area contributed by atoms with Crippen LogP contribution in [0.5, 0.6) is 5.75 Å². The Morgan fingerprint density at radius 2 is 1.87 bits per heavy atom. The number of hydrogen-bond donors (Lipinski definition) is 2. The maximum absolute atomic E-state index is 13.3. The molecule has 0 aliphatic heterocycles. The van der Waals surface area contributed by atoms with Gasteiger partial charge in [-0.2, -0.15) is 0 Å². The molecule has 3 N–H and O–H groups in total. The standard InChI is InChI=1S/C12H18FNO/c1-7-5-8(10(15)9(13)6-7)11(14)12(2,3)4/h5-6,11,15H,14H2,1-4H3/t11-/m1/s1. The molecule has 0 saturated heterocycles. The van der Waals surface area contributed by atoms with Gasteiger partial charge < -0.3 is 10.8 Å². The molecule has 3 heteroatoms. The first-order chi connectivity index (χ1) is 6.73. The van der Waals surface area contributed by atoms with Crippen LogP contribution in [0, 0.1) is 18.2 Å². The van der Waals surface area contributed by atoms with Crippen molar-refractivity contribution in [2.75, 3.05) is 0 Å². The third-order valence-electron chi connectivity index (χ3n) is 2.51. The molecule has 0 aromatic heterocycles. The minimum absolute atomic E-state index is 0.211. The van der Waals surface area contributed by atoms with Crippen molar-refractivity contribution in [1.29, 1.82) is 0 Å². The van der Waals surface area contributed by atoms with Gasteiger partial charge in [-0.1, -0.05) is 26.8 Å². The summed E-state index contributed by atoms with van der Waals surface area (Å²) in [5, 5.41) is 9.60. The number of rotatable bonds is 1. The van der Waals surface area contributed by atoms with Gasteiger partial charge in [-0.15, -0.1) is 0 Å². The first-order valence-electron chi connectivity index (χ1n) is 4.98. The zero-order chi connectivity index (χ0) is 11.8. The lowest BCUT2D eigenvalue weighted by Gasteiger charge is -2.28. The van der Waals surface area contributed by atoms with Gasteiger partial charge in [0.25, 0.3) is 0 Å². The number of nitrogens with two attached hydrogens (primary N) is 1. The topological polar surface area (TPSA) is 46.2 Å². The molecule has 15 heavy (non-hydrogen) atoms. The Bertz CT molecular complexity index is 369.